The highest BCUT2D eigenvalue weighted by Gasteiger charge is 2.61. The van der Waals surface area contributed by atoms with E-state index in [1.807, 2.05) is 38.1 Å². The number of nitrogens with zero attached hydrogens (tertiary/aromatic N) is 3. The topological polar surface area (TPSA) is 82.1 Å². The van der Waals surface area contributed by atoms with Gasteiger partial charge in [0, 0.05) is 25.5 Å². The highest BCUT2D eigenvalue weighted by molar-refractivity contribution is 8.15. The molecule has 1 N–H and O–H groups in total. The Morgan fingerprint density at radius 2 is 1.92 bits per heavy atom. The molecule has 8 heteroatoms. The van der Waals surface area contributed by atoms with Crippen LogP contribution in [0.15, 0.2) is 29.4 Å². The standard InChI is InChI=1S/C16H18N4O3S/c1-9(2)19-13-8-6-5-7-12(13)16(14(19)23)20(11(4)22)18-15(24-16)17-10(3)21/h5-9H,1-4H3,(H,17,18,21). The maximum absolute atomic E-state index is 13.3. The second-order valence-electron chi connectivity index (χ2n) is 5.95. The molecule has 0 bridgehead atoms. The molecule has 0 fully saturated rings. The number of hydrogen-bond donors (Lipinski definition) is 1. The maximum atomic E-state index is 13.3. The number of amides is 3. The fourth-order valence-electron chi connectivity index (χ4n) is 3.03. The second kappa shape index (κ2) is 5.62. The van der Waals surface area contributed by atoms with Crippen molar-refractivity contribution in [3.8, 4) is 0 Å². The SMILES string of the molecule is CC(=O)NC1=NN(C(C)=O)C2(S1)C(=O)N(C(C)C)c1ccccc12. The van der Waals surface area contributed by atoms with Crippen LogP contribution in [0, 0.1) is 0 Å². The van der Waals surface area contributed by atoms with E-state index in [0.29, 0.717) is 5.56 Å². The lowest BCUT2D eigenvalue weighted by molar-refractivity contribution is -0.139. The molecule has 24 heavy (non-hydrogen) atoms. The Kier molecular flexibility index (Phi) is 3.87. The molecule has 126 valence electrons. The fraction of sp³-hybridized carbons (Fsp3) is 0.375. The smallest absolute Gasteiger partial charge is 0.271 e. The van der Waals surface area contributed by atoms with Crippen LogP contribution in [-0.4, -0.2) is 33.9 Å². The monoisotopic (exact) mass is 346 g/mol. The molecular weight excluding hydrogens is 328 g/mol. The number of para-hydroxylation sites is 1. The highest BCUT2D eigenvalue weighted by atomic mass is 32.2. The summed E-state index contributed by atoms with van der Waals surface area (Å²) in [6, 6.07) is 7.29. The lowest BCUT2D eigenvalue weighted by Gasteiger charge is -2.30. The van der Waals surface area contributed by atoms with Crippen molar-refractivity contribution in [1.29, 1.82) is 0 Å². The van der Waals surface area contributed by atoms with Crippen LogP contribution in [-0.2, 0) is 19.3 Å². The van der Waals surface area contributed by atoms with Crippen molar-refractivity contribution in [3.05, 3.63) is 29.8 Å². The number of benzene rings is 1. The number of fused-ring (bicyclic) bond motifs is 2. The van der Waals surface area contributed by atoms with Crippen molar-refractivity contribution >= 4 is 40.3 Å². The quantitative estimate of drug-likeness (QED) is 0.837. The predicted molar refractivity (Wildman–Crippen MR) is 92.1 cm³/mol. The summed E-state index contributed by atoms with van der Waals surface area (Å²) in [5.74, 6) is -0.902. The van der Waals surface area contributed by atoms with Crippen LogP contribution in [0.5, 0.6) is 0 Å². The molecule has 0 radical (unpaired) electrons. The molecule has 1 spiro atoms. The Labute approximate surface area is 144 Å². The lowest BCUT2D eigenvalue weighted by Crippen LogP contribution is -2.50. The summed E-state index contributed by atoms with van der Waals surface area (Å²) in [6.45, 7) is 6.55. The van der Waals surface area contributed by atoms with Gasteiger partial charge in [-0.1, -0.05) is 18.2 Å². The van der Waals surface area contributed by atoms with Crippen LogP contribution in [0.2, 0.25) is 0 Å². The van der Waals surface area contributed by atoms with Gasteiger partial charge in [-0.25, -0.2) is 0 Å². The molecule has 1 atom stereocenters. The summed E-state index contributed by atoms with van der Waals surface area (Å²) in [7, 11) is 0. The molecule has 3 rings (SSSR count). The largest absolute Gasteiger partial charge is 0.306 e. The summed E-state index contributed by atoms with van der Waals surface area (Å²) in [5.41, 5.74) is 1.46. The number of amidine groups is 1. The van der Waals surface area contributed by atoms with Crippen molar-refractivity contribution in [2.45, 2.75) is 38.6 Å². The minimum absolute atomic E-state index is 0.0720. The first-order valence-corrected chi connectivity index (χ1v) is 8.40. The highest BCUT2D eigenvalue weighted by Crippen LogP contribution is 2.54. The number of hydrazone groups is 1. The van der Waals surface area contributed by atoms with Gasteiger partial charge in [-0.15, -0.1) is 5.10 Å². The molecule has 0 saturated heterocycles. The third-order valence-corrected chi connectivity index (χ3v) is 5.11. The predicted octanol–water partition coefficient (Wildman–Crippen LogP) is 1.60. The molecule has 1 aromatic carbocycles. The number of anilines is 1. The minimum Gasteiger partial charge on any atom is -0.306 e. The van der Waals surface area contributed by atoms with Gasteiger partial charge in [0.05, 0.1) is 5.69 Å². The van der Waals surface area contributed by atoms with Crippen molar-refractivity contribution < 1.29 is 14.4 Å². The molecule has 3 amide bonds. The third kappa shape index (κ3) is 2.21. The summed E-state index contributed by atoms with van der Waals surface area (Å²) in [6.07, 6.45) is 0. The average Bonchev–Trinajstić information content (AvgIpc) is 2.97. The molecule has 0 aliphatic carbocycles. The Morgan fingerprint density at radius 1 is 1.25 bits per heavy atom. The van der Waals surface area contributed by atoms with Crippen LogP contribution in [0.3, 0.4) is 0 Å². The fourth-order valence-corrected chi connectivity index (χ4v) is 4.35. The van der Waals surface area contributed by atoms with E-state index in [0.717, 1.165) is 17.4 Å². The van der Waals surface area contributed by atoms with E-state index in [9.17, 15) is 14.4 Å². The van der Waals surface area contributed by atoms with Gasteiger partial charge >= 0.3 is 0 Å². The normalized spacial score (nSPS) is 22.2. The van der Waals surface area contributed by atoms with Crippen molar-refractivity contribution in [2.24, 2.45) is 5.10 Å². The number of thioether (sulfide) groups is 1. The minimum atomic E-state index is -1.30. The molecule has 0 saturated carbocycles. The first-order chi connectivity index (χ1) is 11.3. The van der Waals surface area contributed by atoms with Gasteiger partial charge < -0.3 is 10.2 Å². The van der Waals surface area contributed by atoms with Crippen LogP contribution < -0.4 is 10.2 Å². The zero-order valence-corrected chi connectivity index (χ0v) is 14.7. The Hall–Kier alpha value is -2.35. The van der Waals surface area contributed by atoms with E-state index >= 15 is 0 Å². The number of carbonyl (C=O) groups excluding carboxylic acids is 3. The van der Waals surface area contributed by atoms with Gasteiger partial charge in [0.2, 0.25) is 16.7 Å². The van der Waals surface area contributed by atoms with Gasteiger partial charge in [-0.3, -0.25) is 14.4 Å². The van der Waals surface area contributed by atoms with E-state index in [1.54, 1.807) is 4.90 Å². The first-order valence-electron chi connectivity index (χ1n) is 7.58. The second-order valence-corrected chi connectivity index (χ2v) is 7.13. The number of carbonyl (C=O) groups is 3. The molecule has 0 aromatic heterocycles. The van der Waals surface area contributed by atoms with Crippen LogP contribution in [0.4, 0.5) is 5.69 Å². The van der Waals surface area contributed by atoms with Gasteiger partial charge in [0.1, 0.15) is 0 Å². The molecule has 1 unspecified atom stereocenters. The van der Waals surface area contributed by atoms with E-state index < -0.39 is 4.87 Å². The summed E-state index contributed by atoms with van der Waals surface area (Å²) < 4.78 is 0. The molecule has 1 aromatic rings. The Morgan fingerprint density at radius 3 is 2.50 bits per heavy atom. The summed E-state index contributed by atoms with van der Waals surface area (Å²) in [5, 5.41) is 8.19. The Balaban J connectivity index is 2.17. The number of hydrogen-bond acceptors (Lipinski definition) is 5. The van der Waals surface area contributed by atoms with Crippen molar-refractivity contribution in [3.63, 3.8) is 0 Å². The van der Waals surface area contributed by atoms with Crippen LogP contribution in [0.1, 0.15) is 33.3 Å². The van der Waals surface area contributed by atoms with E-state index in [4.69, 9.17) is 0 Å². The first kappa shape index (κ1) is 16.5. The molecular formula is C16H18N4O3S. The molecule has 2 heterocycles. The third-order valence-electron chi connectivity index (χ3n) is 3.87. The molecule has 2 aliphatic heterocycles. The van der Waals surface area contributed by atoms with Crippen LogP contribution in [0.25, 0.3) is 0 Å². The van der Waals surface area contributed by atoms with Crippen molar-refractivity contribution in [2.75, 3.05) is 4.90 Å². The average molecular weight is 346 g/mol. The number of rotatable bonds is 1. The molecule has 2 aliphatic rings. The van der Waals surface area contributed by atoms with Crippen LogP contribution >= 0.6 is 11.8 Å². The summed E-state index contributed by atoms with van der Waals surface area (Å²) >= 11 is 1.09. The maximum Gasteiger partial charge on any atom is 0.271 e. The van der Waals surface area contributed by atoms with E-state index in [1.165, 1.54) is 18.9 Å². The zero-order valence-electron chi connectivity index (χ0n) is 13.9. The van der Waals surface area contributed by atoms with E-state index in [-0.39, 0.29) is 28.9 Å². The van der Waals surface area contributed by atoms with Crippen molar-refractivity contribution in [1.82, 2.24) is 10.3 Å². The van der Waals surface area contributed by atoms with Gasteiger partial charge in [-0.2, -0.15) is 5.01 Å². The molecule has 7 nitrogen and oxygen atoms in total. The lowest BCUT2D eigenvalue weighted by atomic mass is 10.1. The summed E-state index contributed by atoms with van der Waals surface area (Å²) in [4.78, 5) is 37.2. The Bertz CT molecular complexity index is 776. The zero-order chi connectivity index (χ0) is 17.6. The number of nitrogens with one attached hydrogen (secondary N) is 1. The van der Waals surface area contributed by atoms with Gasteiger partial charge in [0.25, 0.3) is 5.91 Å². The van der Waals surface area contributed by atoms with Gasteiger partial charge in [0.15, 0.2) is 5.17 Å². The van der Waals surface area contributed by atoms with Gasteiger partial charge in [-0.05, 0) is 31.7 Å². The van der Waals surface area contributed by atoms with E-state index in [2.05, 4.69) is 10.4 Å².